The standard InChI is InChI=1S/C20H32O3Si/c1-19(2,3)24(5,6)23-18(21)20(22-4)11-14-10-15(20)17-13-8-7-12(9-13)16(14)17/h7-8,12-17H,9-11H2,1-6H3. The molecule has 7 unspecified atom stereocenters. The maximum atomic E-state index is 13.3. The van der Waals surface area contributed by atoms with Crippen molar-refractivity contribution in [2.45, 2.75) is 63.8 Å². The van der Waals surface area contributed by atoms with Gasteiger partial charge in [-0.2, -0.15) is 0 Å². The molecule has 3 fully saturated rings. The molecule has 0 radical (unpaired) electrons. The molecule has 0 heterocycles. The van der Waals surface area contributed by atoms with Crippen LogP contribution in [0.3, 0.4) is 0 Å². The number of methoxy groups -OCH3 is 1. The first-order chi connectivity index (χ1) is 11.1. The molecule has 0 aromatic rings. The second-order valence-electron chi connectivity index (χ2n) is 10.2. The molecule has 3 saturated carbocycles. The highest BCUT2D eigenvalue weighted by atomic mass is 28.4. The van der Waals surface area contributed by atoms with Crippen LogP contribution < -0.4 is 0 Å². The second kappa shape index (κ2) is 4.97. The number of fused-ring (bicyclic) bond motifs is 9. The van der Waals surface area contributed by atoms with Crippen LogP contribution >= 0.6 is 0 Å². The molecule has 134 valence electrons. The van der Waals surface area contributed by atoms with Crippen molar-refractivity contribution >= 4 is 14.3 Å². The molecular weight excluding hydrogens is 316 g/mol. The van der Waals surface area contributed by atoms with Gasteiger partial charge in [-0.3, -0.25) is 4.79 Å². The quantitative estimate of drug-likeness (QED) is 0.431. The molecule has 0 amide bonds. The molecule has 0 aromatic carbocycles. The van der Waals surface area contributed by atoms with Gasteiger partial charge in [-0.1, -0.05) is 32.9 Å². The molecule has 3 nitrogen and oxygen atoms in total. The molecule has 4 heteroatoms. The lowest BCUT2D eigenvalue weighted by molar-refractivity contribution is -0.172. The SMILES string of the molecule is COC1(C(=O)O[Si](C)(C)C(C)(C)C)CC2CC1C1C3C=CC(C3)C21. The van der Waals surface area contributed by atoms with Crippen LogP contribution in [-0.4, -0.2) is 27.0 Å². The minimum atomic E-state index is -2.12. The highest BCUT2D eigenvalue weighted by Crippen LogP contribution is 2.68. The summed E-state index contributed by atoms with van der Waals surface area (Å²) in [6, 6.07) is 0. The number of hydrogen-bond acceptors (Lipinski definition) is 3. The number of hydrogen-bond donors (Lipinski definition) is 0. The van der Waals surface area contributed by atoms with Crippen LogP contribution in [0.2, 0.25) is 18.1 Å². The van der Waals surface area contributed by atoms with E-state index >= 15 is 0 Å². The maximum Gasteiger partial charge on any atom is 0.325 e. The lowest BCUT2D eigenvalue weighted by Crippen LogP contribution is -2.56. The van der Waals surface area contributed by atoms with Crippen LogP contribution in [0.5, 0.6) is 0 Å². The summed E-state index contributed by atoms with van der Waals surface area (Å²) in [5, 5.41) is 0.0346. The topological polar surface area (TPSA) is 35.5 Å². The van der Waals surface area contributed by atoms with E-state index in [-0.39, 0.29) is 11.0 Å². The van der Waals surface area contributed by atoms with Crippen LogP contribution in [0, 0.1) is 35.5 Å². The highest BCUT2D eigenvalue weighted by molar-refractivity contribution is 6.75. The molecule has 24 heavy (non-hydrogen) atoms. The minimum Gasteiger partial charge on any atom is -0.517 e. The first kappa shape index (κ1) is 16.8. The minimum absolute atomic E-state index is 0.0346. The van der Waals surface area contributed by atoms with Crippen molar-refractivity contribution < 1.29 is 14.0 Å². The second-order valence-corrected chi connectivity index (χ2v) is 14.9. The monoisotopic (exact) mass is 348 g/mol. The van der Waals surface area contributed by atoms with Gasteiger partial charge in [0.1, 0.15) is 0 Å². The Bertz CT molecular complexity index is 590. The van der Waals surface area contributed by atoms with Crippen molar-refractivity contribution in [3.8, 4) is 0 Å². The molecule has 4 rings (SSSR count). The third-order valence-corrected chi connectivity index (χ3v) is 12.5. The van der Waals surface area contributed by atoms with E-state index in [0.717, 1.165) is 24.7 Å². The summed E-state index contributed by atoms with van der Waals surface area (Å²) in [5.41, 5.74) is -0.681. The van der Waals surface area contributed by atoms with Crippen LogP contribution in [0.1, 0.15) is 40.0 Å². The summed E-state index contributed by atoms with van der Waals surface area (Å²) in [6.07, 6.45) is 8.19. The van der Waals surface area contributed by atoms with Gasteiger partial charge in [-0.15, -0.1) is 0 Å². The molecule has 0 N–H and O–H groups in total. The normalized spacial score (nSPS) is 45.8. The van der Waals surface area contributed by atoms with Gasteiger partial charge in [0.15, 0.2) is 5.60 Å². The Hall–Kier alpha value is -0.613. The lowest BCUT2D eigenvalue weighted by Gasteiger charge is -2.45. The van der Waals surface area contributed by atoms with Crippen LogP contribution in [-0.2, 0) is 14.0 Å². The molecular formula is C20H32O3Si. The molecule has 4 aliphatic rings. The van der Waals surface area contributed by atoms with Gasteiger partial charge in [0.2, 0.25) is 0 Å². The Morgan fingerprint density at radius 3 is 2.33 bits per heavy atom. The summed E-state index contributed by atoms with van der Waals surface area (Å²) >= 11 is 0. The van der Waals surface area contributed by atoms with Crippen molar-refractivity contribution in [2.75, 3.05) is 7.11 Å². The van der Waals surface area contributed by atoms with Gasteiger partial charge in [-0.05, 0) is 67.0 Å². The number of ether oxygens (including phenoxy) is 1. The van der Waals surface area contributed by atoms with Gasteiger partial charge in [0.25, 0.3) is 8.32 Å². The zero-order valence-corrected chi connectivity index (χ0v) is 17.0. The number of carbonyl (C=O) groups excluding carboxylic acids is 1. The third-order valence-electron chi connectivity index (χ3n) is 8.18. The van der Waals surface area contributed by atoms with E-state index in [1.165, 1.54) is 6.42 Å². The van der Waals surface area contributed by atoms with Gasteiger partial charge >= 0.3 is 5.97 Å². The van der Waals surface area contributed by atoms with Crippen LogP contribution in [0.15, 0.2) is 12.2 Å². The number of rotatable bonds is 3. The zero-order valence-electron chi connectivity index (χ0n) is 16.0. The van der Waals surface area contributed by atoms with E-state index in [4.69, 9.17) is 9.16 Å². The summed E-state index contributed by atoms with van der Waals surface area (Å²) in [5.74, 6) is 3.82. The van der Waals surface area contributed by atoms with Crippen molar-refractivity contribution in [3.05, 3.63) is 12.2 Å². The number of carbonyl (C=O) groups is 1. The molecule has 4 aliphatic carbocycles. The molecule has 0 aromatic heterocycles. The van der Waals surface area contributed by atoms with Crippen molar-refractivity contribution in [1.82, 2.24) is 0 Å². The van der Waals surface area contributed by atoms with E-state index in [9.17, 15) is 4.79 Å². The molecule has 0 spiro atoms. The first-order valence-electron chi connectivity index (χ1n) is 9.57. The smallest absolute Gasteiger partial charge is 0.325 e. The first-order valence-corrected chi connectivity index (χ1v) is 12.5. The third kappa shape index (κ3) is 2.02. The van der Waals surface area contributed by atoms with Gasteiger partial charge in [0, 0.05) is 13.0 Å². The van der Waals surface area contributed by atoms with Crippen LogP contribution in [0.25, 0.3) is 0 Å². The van der Waals surface area contributed by atoms with Crippen molar-refractivity contribution in [2.24, 2.45) is 35.5 Å². The zero-order chi connectivity index (χ0) is 17.5. The Morgan fingerprint density at radius 2 is 1.75 bits per heavy atom. The van der Waals surface area contributed by atoms with Gasteiger partial charge in [0.05, 0.1) is 0 Å². The summed E-state index contributed by atoms with van der Waals surface area (Å²) in [4.78, 5) is 13.3. The summed E-state index contributed by atoms with van der Waals surface area (Å²) in [7, 11) is -0.392. The average molecular weight is 349 g/mol. The van der Waals surface area contributed by atoms with Crippen LogP contribution in [0.4, 0.5) is 0 Å². The van der Waals surface area contributed by atoms with Crippen molar-refractivity contribution in [3.63, 3.8) is 0 Å². The fourth-order valence-corrected chi connectivity index (χ4v) is 7.00. The summed E-state index contributed by atoms with van der Waals surface area (Å²) < 4.78 is 12.2. The van der Waals surface area contributed by atoms with E-state index in [1.54, 1.807) is 7.11 Å². The largest absolute Gasteiger partial charge is 0.517 e. The fraction of sp³-hybridized carbons (Fsp3) is 0.850. The Morgan fingerprint density at radius 1 is 1.12 bits per heavy atom. The molecule has 0 saturated heterocycles. The maximum absolute atomic E-state index is 13.3. The Balaban J connectivity index is 1.60. The Kier molecular flexibility index (Phi) is 3.49. The molecule has 4 bridgehead atoms. The van der Waals surface area contributed by atoms with Crippen molar-refractivity contribution in [1.29, 1.82) is 0 Å². The predicted octanol–water partition coefficient (Wildman–Crippen LogP) is 4.40. The Labute approximate surface area is 147 Å². The van der Waals surface area contributed by atoms with E-state index in [2.05, 4.69) is 46.0 Å². The average Bonchev–Trinajstić information content (AvgIpc) is 3.22. The van der Waals surface area contributed by atoms with E-state index in [1.807, 2.05) is 0 Å². The number of allylic oxidation sites excluding steroid dienone is 2. The highest BCUT2D eigenvalue weighted by Gasteiger charge is 2.69. The summed E-state index contributed by atoms with van der Waals surface area (Å²) in [6.45, 7) is 10.9. The molecule has 7 atom stereocenters. The van der Waals surface area contributed by atoms with E-state index in [0.29, 0.717) is 23.7 Å². The molecule has 0 aliphatic heterocycles. The van der Waals surface area contributed by atoms with Gasteiger partial charge < -0.3 is 9.16 Å². The predicted molar refractivity (Wildman–Crippen MR) is 97.0 cm³/mol. The lowest BCUT2D eigenvalue weighted by atomic mass is 9.67. The van der Waals surface area contributed by atoms with Gasteiger partial charge in [-0.25, -0.2) is 0 Å². The fourth-order valence-electron chi connectivity index (χ4n) is 6.06. The van der Waals surface area contributed by atoms with E-state index < -0.39 is 13.9 Å².